The van der Waals surface area contributed by atoms with Crippen molar-refractivity contribution in [2.24, 2.45) is 11.8 Å². The Hall–Kier alpha value is -0.640. The Morgan fingerprint density at radius 2 is 1.84 bits per heavy atom. The molecule has 1 saturated heterocycles. The number of nitrogens with zero attached hydrogens (tertiary/aromatic N) is 1. The second kappa shape index (κ2) is 9.29. The van der Waals surface area contributed by atoms with Crippen LogP contribution in [-0.2, 0) is 4.79 Å². The maximum Gasteiger partial charge on any atom is 0.223 e. The zero-order valence-corrected chi connectivity index (χ0v) is 12.9. The molecule has 0 aliphatic carbocycles. The number of hydrogen-bond acceptors (Lipinski definition) is 2. The van der Waals surface area contributed by atoms with E-state index in [4.69, 9.17) is 0 Å². The zero-order valence-electron chi connectivity index (χ0n) is 12.9. The molecule has 19 heavy (non-hydrogen) atoms. The monoisotopic (exact) mass is 276 g/mol. The van der Waals surface area contributed by atoms with Gasteiger partial charge in [0.05, 0.1) is 0 Å². The fourth-order valence-corrected chi connectivity index (χ4v) is 2.41. The number of amides is 1. The Morgan fingerprint density at radius 3 is 2.32 bits per heavy atom. The van der Waals surface area contributed by atoms with Gasteiger partial charge in [-0.05, 0) is 44.7 Å². The minimum atomic E-state index is 0. The van der Waals surface area contributed by atoms with E-state index in [0.29, 0.717) is 12.0 Å². The van der Waals surface area contributed by atoms with Crippen LogP contribution in [0.1, 0.15) is 54.8 Å². The summed E-state index contributed by atoms with van der Waals surface area (Å²) in [5.41, 5.74) is 0. The van der Waals surface area contributed by atoms with E-state index in [2.05, 4.69) is 31.0 Å². The lowest BCUT2D eigenvalue weighted by molar-refractivity contribution is -0.125. The Kier molecular flexibility index (Phi) is 8.98. The Labute approximate surface area is 119 Å². The Morgan fingerprint density at radius 1 is 1.26 bits per heavy atom. The van der Waals surface area contributed by atoms with E-state index in [1.165, 1.54) is 25.9 Å². The SMILES string of the molecule is CCC(C)C(=O)N[C@@H](CCN1CCCC1)C(C)C.F.[HH]. The highest BCUT2D eigenvalue weighted by atomic mass is 19.0. The maximum atomic E-state index is 12.0. The van der Waals surface area contributed by atoms with Crippen molar-refractivity contribution in [3.63, 3.8) is 0 Å². The molecule has 4 heteroatoms. The van der Waals surface area contributed by atoms with Crippen molar-refractivity contribution in [3.8, 4) is 0 Å². The van der Waals surface area contributed by atoms with Gasteiger partial charge in [0.15, 0.2) is 0 Å². The van der Waals surface area contributed by atoms with Crippen molar-refractivity contribution < 1.29 is 10.9 Å². The van der Waals surface area contributed by atoms with Gasteiger partial charge < -0.3 is 10.2 Å². The van der Waals surface area contributed by atoms with Crippen molar-refractivity contribution >= 4 is 5.91 Å². The molecule has 0 aromatic heterocycles. The third-order valence-electron chi connectivity index (χ3n) is 4.15. The molecule has 116 valence electrons. The average Bonchev–Trinajstić information content (AvgIpc) is 2.85. The van der Waals surface area contributed by atoms with Gasteiger partial charge in [0, 0.05) is 19.9 Å². The van der Waals surface area contributed by atoms with Crippen LogP contribution in [0.3, 0.4) is 0 Å². The quantitative estimate of drug-likeness (QED) is 0.775. The van der Waals surface area contributed by atoms with E-state index < -0.39 is 0 Å². The first-order valence-corrected chi connectivity index (χ1v) is 7.57. The van der Waals surface area contributed by atoms with E-state index in [-0.39, 0.29) is 18.0 Å². The van der Waals surface area contributed by atoms with Gasteiger partial charge in [-0.3, -0.25) is 9.50 Å². The first-order chi connectivity index (χ1) is 8.54. The van der Waals surface area contributed by atoms with Gasteiger partial charge in [-0.2, -0.15) is 0 Å². The molecule has 1 aliphatic heterocycles. The summed E-state index contributed by atoms with van der Waals surface area (Å²) in [7, 11) is 0. The smallest absolute Gasteiger partial charge is 0.223 e. The van der Waals surface area contributed by atoms with Gasteiger partial charge in [-0.25, -0.2) is 0 Å². The van der Waals surface area contributed by atoms with E-state index in [9.17, 15) is 4.79 Å². The second-order valence-corrected chi connectivity index (χ2v) is 6.01. The molecule has 0 spiro atoms. The van der Waals surface area contributed by atoms with Crippen LogP contribution < -0.4 is 5.32 Å². The summed E-state index contributed by atoms with van der Waals surface area (Å²) in [6, 6.07) is 0.326. The van der Waals surface area contributed by atoms with Crippen LogP contribution >= 0.6 is 0 Å². The van der Waals surface area contributed by atoms with Crippen molar-refractivity contribution in [1.29, 1.82) is 0 Å². The molecule has 1 heterocycles. The highest BCUT2D eigenvalue weighted by Crippen LogP contribution is 2.13. The largest absolute Gasteiger partial charge is 0.353 e. The third-order valence-corrected chi connectivity index (χ3v) is 4.15. The molecule has 0 radical (unpaired) electrons. The molecule has 1 unspecified atom stereocenters. The van der Waals surface area contributed by atoms with Crippen LogP contribution in [0.15, 0.2) is 0 Å². The van der Waals surface area contributed by atoms with Gasteiger partial charge in [0.1, 0.15) is 0 Å². The molecule has 1 N–H and O–H groups in total. The van der Waals surface area contributed by atoms with Gasteiger partial charge in [-0.1, -0.05) is 27.7 Å². The normalized spacial score (nSPS) is 19.0. The molecule has 0 bridgehead atoms. The van der Waals surface area contributed by atoms with E-state index in [1.807, 2.05) is 6.92 Å². The third kappa shape index (κ3) is 6.37. The number of hydrogen-bond donors (Lipinski definition) is 1. The zero-order chi connectivity index (χ0) is 13.5. The standard InChI is InChI=1S/C15H30N2O.FH.H2/c1-5-13(4)15(18)16-14(12(2)3)8-11-17-9-6-7-10-17;;/h12-14H,5-11H2,1-4H3,(H,16,18);2*1H/t13?,14-;;/m0../s1. The van der Waals surface area contributed by atoms with Crippen LogP contribution in [-0.4, -0.2) is 36.5 Å². The first kappa shape index (κ1) is 18.4. The van der Waals surface area contributed by atoms with Crippen LogP contribution in [0.4, 0.5) is 4.70 Å². The molecule has 0 aromatic carbocycles. The predicted molar refractivity (Wildman–Crippen MR) is 81.1 cm³/mol. The molecule has 3 nitrogen and oxygen atoms in total. The van der Waals surface area contributed by atoms with Gasteiger partial charge in [0.2, 0.25) is 5.91 Å². The van der Waals surface area contributed by atoms with E-state index >= 15 is 0 Å². The topological polar surface area (TPSA) is 32.3 Å². The lowest BCUT2D eigenvalue weighted by Crippen LogP contribution is -2.43. The summed E-state index contributed by atoms with van der Waals surface area (Å²) >= 11 is 0. The lowest BCUT2D eigenvalue weighted by Gasteiger charge is -2.26. The molecule has 1 amide bonds. The van der Waals surface area contributed by atoms with Crippen LogP contribution in [0.5, 0.6) is 0 Å². The molecule has 1 aliphatic rings. The lowest BCUT2D eigenvalue weighted by atomic mass is 9.99. The van der Waals surface area contributed by atoms with Crippen molar-refractivity contribution in [3.05, 3.63) is 0 Å². The fourth-order valence-electron chi connectivity index (χ4n) is 2.41. The summed E-state index contributed by atoms with van der Waals surface area (Å²) in [6.07, 6.45) is 4.68. The predicted octanol–water partition coefficient (Wildman–Crippen LogP) is 3.06. The number of likely N-dealkylation sites (tertiary alicyclic amines) is 1. The van der Waals surface area contributed by atoms with Crippen molar-refractivity contribution in [2.45, 2.75) is 59.4 Å². The summed E-state index contributed by atoms with van der Waals surface area (Å²) in [4.78, 5) is 14.5. The van der Waals surface area contributed by atoms with Gasteiger partial charge >= 0.3 is 0 Å². The summed E-state index contributed by atoms with van der Waals surface area (Å²) in [5.74, 6) is 0.872. The van der Waals surface area contributed by atoms with Crippen LogP contribution in [0.25, 0.3) is 0 Å². The van der Waals surface area contributed by atoms with Crippen LogP contribution in [0, 0.1) is 11.8 Å². The summed E-state index contributed by atoms with van der Waals surface area (Å²) < 4.78 is 0. The molecule has 0 saturated carbocycles. The highest BCUT2D eigenvalue weighted by molar-refractivity contribution is 5.78. The van der Waals surface area contributed by atoms with Gasteiger partial charge in [-0.15, -0.1) is 0 Å². The maximum absolute atomic E-state index is 12.0. The number of nitrogens with one attached hydrogen (secondary N) is 1. The molecule has 1 rings (SSSR count). The molecule has 0 aromatic rings. The molecular weight excluding hydrogens is 243 g/mol. The number of carbonyl (C=O) groups excluding carboxylic acids is 1. The number of rotatable bonds is 7. The highest BCUT2D eigenvalue weighted by Gasteiger charge is 2.20. The van der Waals surface area contributed by atoms with Crippen LogP contribution in [0.2, 0.25) is 0 Å². The average molecular weight is 276 g/mol. The van der Waals surface area contributed by atoms with Crippen molar-refractivity contribution in [1.82, 2.24) is 10.2 Å². The summed E-state index contributed by atoms with van der Waals surface area (Å²) in [5, 5.41) is 3.23. The molecule has 2 atom stereocenters. The van der Waals surface area contributed by atoms with E-state index in [0.717, 1.165) is 19.4 Å². The molecular formula is C15H33FN2O. The van der Waals surface area contributed by atoms with Gasteiger partial charge in [0.25, 0.3) is 0 Å². The Bertz CT molecular complexity index is 258. The van der Waals surface area contributed by atoms with E-state index in [1.54, 1.807) is 0 Å². The number of halogens is 1. The second-order valence-electron chi connectivity index (χ2n) is 6.01. The first-order valence-electron chi connectivity index (χ1n) is 7.57. The Balaban J connectivity index is 0. The fraction of sp³-hybridized carbons (Fsp3) is 0.933. The number of carbonyl (C=O) groups is 1. The minimum Gasteiger partial charge on any atom is -0.353 e. The summed E-state index contributed by atoms with van der Waals surface area (Å²) in [6.45, 7) is 12.1. The minimum absolute atomic E-state index is 0. The molecule has 1 fully saturated rings. The van der Waals surface area contributed by atoms with Crippen molar-refractivity contribution in [2.75, 3.05) is 19.6 Å².